The second kappa shape index (κ2) is 3.09. The van der Waals surface area contributed by atoms with Crippen LogP contribution >= 0.6 is 0 Å². The molecule has 0 radical (unpaired) electrons. The van der Waals surface area contributed by atoms with Crippen LogP contribution in [0.2, 0.25) is 0 Å². The Hall–Kier alpha value is -0.930. The maximum atomic E-state index is 9.85. The van der Waals surface area contributed by atoms with Crippen molar-refractivity contribution in [3.05, 3.63) is 29.6 Å². The molecule has 0 bridgehead atoms. The molecule has 70 valence electrons. The summed E-state index contributed by atoms with van der Waals surface area (Å²) in [7, 11) is 0. The van der Waals surface area contributed by atoms with Crippen molar-refractivity contribution in [2.24, 2.45) is 0 Å². The molecular weight excluding hydrogens is 164 g/mol. The van der Waals surface area contributed by atoms with Gasteiger partial charge in [-0.15, -0.1) is 0 Å². The largest absolute Gasteiger partial charge is 0.387 e. The molecule has 13 heavy (non-hydrogen) atoms. The quantitative estimate of drug-likeness (QED) is 0.683. The third kappa shape index (κ3) is 1.87. The van der Waals surface area contributed by atoms with Crippen LogP contribution in [0, 0.1) is 6.92 Å². The Morgan fingerprint density at radius 3 is 2.92 bits per heavy atom. The zero-order valence-corrected chi connectivity index (χ0v) is 7.75. The van der Waals surface area contributed by atoms with Gasteiger partial charge in [-0.1, -0.05) is 0 Å². The van der Waals surface area contributed by atoms with E-state index in [0.717, 1.165) is 5.69 Å². The molecule has 2 heterocycles. The predicted molar refractivity (Wildman–Crippen MR) is 50.5 cm³/mol. The van der Waals surface area contributed by atoms with Crippen LogP contribution in [0.25, 0.3) is 0 Å². The molecule has 0 aromatic carbocycles. The summed E-state index contributed by atoms with van der Waals surface area (Å²) in [6, 6.07) is 3.99. The lowest BCUT2D eigenvalue weighted by atomic mass is 9.91. The number of nitrogens with one attached hydrogen (secondary N) is 1. The summed E-state index contributed by atoms with van der Waals surface area (Å²) >= 11 is 0. The highest BCUT2D eigenvalue weighted by Crippen LogP contribution is 2.16. The van der Waals surface area contributed by atoms with Crippen molar-refractivity contribution in [2.75, 3.05) is 13.1 Å². The standard InChI is InChI=1S/C10H14N2O/c1-8-2-3-12-9(4-8)5-10(13)6-11-7-10/h2-4,11,13H,5-7H2,1H3. The molecule has 0 aliphatic carbocycles. The highest BCUT2D eigenvalue weighted by atomic mass is 16.3. The zero-order valence-electron chi connectivity index (χ0n) is 7.75. The van der Waals surface area contributed by atoms with Crippen molar-refractivity contribution in [2.45, 2.75) is 18.9 Å². The fourth-order valence-corrected chi connectivity index (χ4v) is 1.57. The minimum absolute atomic E-state index is 0.555. The van der Waals surface area contributed by atoms with E-state index < -0.39 is 5.60 Å². The van der Waals surface area contributed by atoms with Crippen molar-refractivity contribution < 1.29 is 5.11 Å². The molecule has 2 rings (SSSR count). The van der Waals surface area contributed by atoms with E-state index in [4.69, 9.17) is 0 Å². The smallest absolute Gasteiger partial charge is 0.0950 e. The number of rotatable bonds is 2. The maximum Gasteiger partial charge on any atom is 0.0950 e. The molecule has 0 unspecified atom stereocenters. The average molecular weight is 178 g/mol. The van der Waals surface area contributed by atoms with Crippen LogP contribution in [0.5, 0.6) is 0 Å². The third-order valence-electron chi connectivity index (χ3n) is 2.39. The molecule has 1 aliphatic heterocycles. The van der Waals surface area contributed by atoms with E-state index in [1.807, 2.05) is 19.1 Å². The summed E-state index contributed by atoms with van der Waals surface area (Å²) in [6.45, 7) is 3.40. The van der Waals surface area contributed by atoms with Gasteiger partial charge in [-0.25, -0.2) is 0 Å². The molecule has 1 saturated heterocycles. The summed E-state index contributed by atoms with van der Waals surface area (Å²) in [5, 5.41) is 12.9. The van der Waals surface area contributed by atoms with Crippen molar-refractivity contribution >= 4 is 0 Å². The summed E-state index contributed by atoms with van der Waals surface area (Å²) in [6.07, 6.45) is 2.45. The van der Waals surface area contributed by atoms with E-state index >= 15 is 0 Å². The first kappa shape index (κ1) is 8.66. The first-order valence-corrected chi connectivity index (χ1v) is 4.53. The lowest BCUT2D eigenvalue weighted by molar-refractivity contribution is -0.00981. The third-order valence-corrected chi connectivity index (χ3v) is 2.39. The summed E-state index contributed by atoms with van der Waals surface area (Å²) in [5.41, 5.74) is 1.62. The van der Waals surface area contributed by atoms with Crippen LogP contribution in [-0.4, -0.2) is 28.8 Å². The Bertz CT molecular complexity index is 308. The Morgan fingerprint density at radius 2 is 2.38 bits per heavy atom. The van der Waals surface area contributed by atoms with Gasteiger partial charge in [0.25, 0.3) is 0 Å². The second-order valence-electron chi connectivity index (χ2n) is 3.83. The number of nitrogens with zero attached hydrogens (tertiary/aromatic N) is 1. The van der Waals surface area contributed by atoms with Gasteiger partial charge < -0.3 is 10.4 Å². The minimum atomic E-state index is -0.555. The fourth-order valence-electron chi connectivity index (χ4n) is 1.57. The number of aromatic nitrogens is 1. The van der Waals surface area contributed by atoms with Crippen molar-refractivity contribution in [1.29, 1.82) is 0 Å². The lowest BCUT2D eigenvalue weighted by Crippen LogP contribution is -2.60. The lowest BCUT2D eigenvalue weighted by Gasteiger charge is -2.37. The van der Waals surface area contributed by atoms with E-state index in [-0.39, 0.29) is 0 Å². The first-order chi connectivity index (χ1) is 6.18. The van der Waals surface area contributed by atoms with E-state index in [2.05, 4.69) is 10.3 Å². The van der Waals surface area contributed by atoms with Crippen LogP contribution in [0.3, 0.4) is 0 Å². The van der Waals surface area contributed by atoms with E-state index in [0.29, 0.717) is 19.5 Å². The summed E-state index contributed by atoms with van der Waals surface area (Å²) in [5.74, 6) is 0. The second-order valence-corrected chi connectivity index (χ2v) is 3.83. The molecule has 3 heteroatoms. The van der Waals surface area contributed by atoms with Crippen LogP contribution in [0.4, 0.5) is 0 Å². The number of hydrogen-bond acceptors (Lipinski definition) is 3. The van der Waals surface area contributed by atoms with Crippen molar-refractivity contribution in [3.8, 4) is 0 Å². The number of β-amino-alcohol motifs (C(OH)–C–C–N with tert-alkyl or cyclic N) is 1. The number of aliphatic hydroxyl groups is 1. The minimum Gasteiger partial charge on any atom is -0.387 e. The molecule has 3 nitrogen and oxygen atoms in total. The van der Waals surface area contributed by atoms with Gasteiger partial charge in [-0.3, -0.25) is 4.98 Å². The number of aryl methyl sites for hydroxylation is 1. The Labute approximate surface area is 77.8 Å². The van der Waals surface area contributed by atoms with Gasteiger partial charge >= 0.3 is 0 Å². The number of pyridine rings is 1. The molecule has 0 spiro atoms. The highest BCUT2D eigenvalue weighted by molar-refractivity contribution is 5.17. The molecule has 2 N–H and O–H groups in total. The van der Waals surface area contributed by atoms with Crippen LogP contribution in [0.15, 0.2) is 18.3 Å². The molecular formula is C10H14N2O. The molecule has 1 aliphatic rings. The zero-order chi connectivity index (χ0) is 9.31. The molecule has 0 amide bonds. The van der Waals surface area contributed by atoms with Gasteiger partial charge in [0.1, 0.15) is 0 Å². The average Bonchev–Trinajstić information content (AvgIpc) is 2.01. The van der Waals surface area contributed by atoms with Gasteiger partial charge in [0.15, 0.2) is 0 Å². The molecule has 1 aromatic heterocycles. The predicted octanol–water partition coefficient (Wildman–Crippen LogP) is 0.267. The highest BCUT2D eigenvalue weighted by Gasteiger charge is 2.34. The molecule has 0 saturated carbocycles. The van der Waals surface area contributed by atoms with E-state index in [1.165, 1.54) is 5.56 Å². The maximum absolute atomic E-state index is 9.85. The summed E-state index contributed by atoms with van der Waals surface area (Å²) in [4.78, 5) is 4.22. The monoisotopic (exact) mass is 178 g/mol. The van der Waals surface area contributed by atoms with Crippen LogP contribution in [0.1, 0.15) is 11.3 Å². The topological polar surface area (TPSA) is 45.2 Å². The van der Waals surface area contributed by atoms with Gasteiger partial charge in [0.05, 0.1) is 5.60 Å². The summed E-state index contributed by atoms with van der Waals surface area (Å²) < 4.78 is 0. The first-order valence-electron chi connectivity index (χ1n) is 4.53. The van der Waals surface area contributed by atoms with E-state index in [1.54, 1.807) is 6.20 Å². The number of hydrogen-bond donors (Lipinski definition) is 2. The van der Waals surface area contributed by atoms with Gasteiger partial charge in [-0.2, -0.15) is 0 Å². The van der Waals surface area contributed by atoms with Crippen LogP contribution < -0.4 is 5.32 Å². The Kier molecular flexibility index (Phi) is 2.06. The molecule has 0 atom stereocenters. The SMILES string of the molecule is Cc1ccnc(CC2(O)CNC2)c1. The van der Waals surface area contributed by atoms with Crippen molar-refractivity contribution in [3.63, 3.8) is 0 Å². The van der Waals surface area contributed by atoms with Crippen molar-refractivity contribution in [1.82, 2.24) is 10.3 Å². The van der Waals surface area contributed by atoms with Gasteiger partial charge in [0.2, 0.25) is 0 Å². The van der Waals surface area contributed by atoms with E-state index in [9.17, 15) is 5.11 Å². The van der Waals surface area contributed by atoms with Gasteiger partial charge in [-0.05, 0) is 24.6 Å². The van der Waals surface area contributed by atoms with Gasteiger partial charge in [0, 0.05) is 31.4 Å². The Balaban J connectivity index is 2.09. The van der Waals surface area contributed by atoms with Crippen LogP contribution in [-0.2, 0) is 6.42 Å². The molecule has 1 aromatic rings. The Morgan fingerprint density at radius 1 is 1.62 bits per heavy atom. The molecule has 1 fully saturated rings. The fraction of sp³-hybridized carbons (Fsp3) is 0.500. The normalized spacial score (nSPS) is 19.5.